The van der Waals surface area contributed by atoms with Gasteiger partial charge in [0.2, 0.25) is 0 Å². The van der Waals surface area contributed by atoms with E-state index in [1.807, 2.05) is 12.1 Å². The third kappa shape index (κ3) is 2.54. The van der Waals surface area contributed by atoms with E-state index in [0.29, 0.717) is 5.75 Å². The molecule has 0 saturated carbocycles. The van der Waals surface area contributed by atoms with Crippen molar-refractivity contribution in [2.75, 3.05) is 14.2 Å². The summed E-state index contributed by atoms with van der Waals surface area (Å²) in [5.74, 6) is 1.35. The van der Waals surface area contributed by atoms with Gasteiger partial charge in [-0.1, -0.05) is 43.4 Å². The molecule has 1 aliphatic carbocycles. The van der Waals surface area contributed by atoms with E-state index in [2.05, 4.69) is 61.5 Å². The highest BCUT2D eigenvalue weighted by Crippen LogP contribution is 2.48. The van der Waals surface area contributed by atoms with Gasteiger partial charge in [-0.3, -0.25) is 0 Å². The van der Waals surface area contributed by atoms with E-state index >= 15 is 0 Å². The van der Waals surface area contributed by atoms with E-state index < -0.39 is 0 Å². The number of aromatic hydroxyl groups is 1. The molecular weight excluding hydrogens is 298 g/mol. The minimum Gasteiger partial charge on any atom is -0.508 e. The number of hydrogen-bond acceptors (Lipinski definition) is 3. The number of allylic oxidation sites excluding steroid dienone is 5. The van der Waals surface area contributed by atoms with E-state index in [1.54, 1.807) is 19.2 Å². The zero-order chi connectivity index (χ0) is 17.2. The van der Waals surface area contributed by atoms with Crippen LogP contribution in [0.25, 0.3) is 0 Å². The number of nitrogens with zero attached hydrogens (tertiary/aromatic N) is 1. The maximum absolute atomic E-state index is 10.7. The van der Waals surface area contributed by atoms with Crippen LogP contribution in [0.1, 0.15) is 18.9 Å². The van der Waals surface area contributed by atoms with Gasteiger partial charge in [-0.2, -0.15) is 0 Å². The van der Waals surface area contributed by atoms with Gasteiger partial charge in [0.1, 0.15) is 11.5 Å². The molecule has 0 amide bonds. The Morgan fingerprint density at radius 1 is 1.17 bits per heavy atom. The predicted octanol–water partition coefficient (Wildman–Crippen LogP) is 4.17. The molecule has 24 heavy (non-hydrogen) atoms. The summed E-state index contributed by atoms with van der Waals surface area (Å²) in [5, 5.41) is 10.7. The normalized spacial score (nSPS) is 28.4. The fourth-order valence-corrected chi connectivity index (χ4v) is 4.00. The monoisotopic (exact) mass is 323 g/mol. The van der Waals surface area contributed by atoms with Crippen molar-refractivity contribution in [3.63, 3.8) is 0 Å². The van der Waals surface area contributed by atoms with Crippen LogP contribution in [0.2, 0.25) is 0 Å². The minimum atomic E-state index is -0.349. The minimum absolute atomic E-state index is 0.117. The van der Waals surface area contributed by atoms with Gasteiger partial charge >= 0.3 is 0 Å². The molecule has 0 bridgehead atoms. The number of likely N-dealkylation sites (N-methyl/N-ethyl adjacent to an activating group) is 1. The summed E-state index contributed by atoms with van der Waals surface area (Å²) in [5.41, 5.74) is 0.559. The number of phenolic OH excluding ortho intramolecular Hbond substituents is 1. The van der Waals surface area contributed by atoms with Crippen molar-refractivity contribution in [2.45, 2.75) is 24.8 Å². The molecule has 0 fully saturated rings. The summed E-state index contributed by atoms with van der Waals surface area (Å²) in [4.78, 5) is 2.21. The van der Waals surface area contributed by atoms with E-state index in [-0.39, 0.29) is 17.4 Å². The van der Waals surface area contributed by atoms with Gasteiger partial charge in [0.15, 0.2) is 0 Å². The Morgan fingerprint density at radius 2 is 1.96 bits per heavy atom. The molecule has 0 aromatic heterocycles. The Kier molecular flexibility index (Phi) is 4.52. The first-order chi connectivity index (χ1) is 11.6. The van der Waals surface area contributed by atoms with Crippen LogP contribution in [0.3, 0.4) is 0 Å². The Morgan fingerprint density at radius 3 is 2.67 bits per heavy atom. The van der Waals surface area contributed by atoms with Gasteiger partial charge in [0.25, 0.3) is 0 Å². The molecule has 0 spiro atoms. The molecule has 3 heteroatoms. The lowest BCUT2D eigenvalue weighted by Crippen LogP contribution is -2.50. The smallest absolute Gasteiger partial charge is 0.120 e. The Balaban J connectivity index is 2.23. The zero-order valence-corrected chi connectivity index (χ0v) is 14.5. The number of ether oxygens (including phenoxy) is 1. The third-order valence-corrected chi connectivity index (χ3v) is 5.20. The number of benzene rings is 1. The van der Waals surface area contributed by atoms with Crippen molar-refractivity contribution < 1.29 is 9.84 Å². The Bertz CT molecular complexity index is 717. The fraction of sp³-hybridized carbons (Fsp3) is 0.333. The molecule has 3 rings (SSSR count). The topological polar surface area (TPSA) is 32.7 Å². The number of methoxy groups -OCH3 is 1. The van der Waals surface area contributed by atoms with Crippen LogP contribution < -0.4 is 4.74 Å². The van der Waals surface area contributed by atoms with E-state index in [0.717, 1.165) is 17.7 Å². The summed E-state index contributed by atoms with van der Waals surface area (Å²) in [7, 11) is 3.74. The fourth-order valence-electron chi connectivity index (χ4n) is 4.00. The second-order valence-corrected chi connectivity index (χ2v) is 6.41. The quantitative estimate of drug-likeness (QED) is 0.902. The Hall–Kier alpha value is -2.42. The van der Waals surface area contributed by atoms with Crippen molar-refractivity contribution in [1.82, 2.24) is 4.90 Å². The number of hydrogen-bond donors (Lipinski definition) is 1. The highest BCUT2D eigenvalue weighted by atomic mass is 16.5. The van der Waals surface area contributed by atoms with Crippen LogP contribution in [0.5, 0.6) is 11.5 Å². The molecule has 3 unspecified atom stereocenters. The lowest BCUT2D eigenvalue weighted by molar-refractivity contribution is 0.217. The highest BCUT2D eigenvalue weighted by molar-refractivity contribution is 5.52. The van der Waals surface area contributed by atoms with Gasteiger partial charge in [-0.25, -0.2) is 0 Å². The molecule has 1 heterocycles. The van der Waals surface area contributed by atoms with Crippen LogP contribution in [0.15, 0.2) is 66.9 Å². The second kappa shape index (κ2) is 6.60. The molecule has 0 radical (unpaired) electrons. The number of phenols is 1. The average molecular weight is 323 g/mol. The maximum Gasteiger partial charge on any atom is 0.120 e. The van der Waals surface area contributed by atoms with Gasteiger partial charge in [-0.05, 0) is 42.8 Å². The van der Waals surface area contributed by atoms with Crippen molar-refractivity contribution in [3.05, 3.63) is 72.5 Å². The molecule has 2 aliphatic rings. The average Bonchev–Trinajstić information content (AvgIpc) is 2.62. The predicted molar refractivity (Wildman–Crippen MR) is 98.2 cm³/mol. The molecule has 1 aromatic rings. The van der Waals surface area contributed by atoms with Crippen LogP contribution in [0.4, 0.5) is 0 Å². The van der Waals surface area contributed by atoms with Crippen LogP contribution in [-0.2, 0) is 5.41 Å². The van der Waals surface area contributed by atoms with Crippen LogP contribution >= 0.6 is 0 Å². The molecule has 1 aromatic carbocycles. The SMILES string of the molecule is CCC1C=CC=CC1(c1cc(OC)ccc1O)C1C=CC=CN1C. The van der Waals surface area contributed by atoms with Gasteiger partial charge in [0, 0.05) is 18.0 Å². The van der Waals surface area contributed by atoms with Crippen molar-refractivity contribution in [1.29, 1.82) is 0 Å². The van der Waals surface area contributed by atoms with E-state index in [4.69, 9.17) is 4.74 Å². The lowest BCUT2D eigenvalue weighted by atomic mass is 9.61. The summed E-state index contributed by atoms with van der Waals surface area (Å²) in [6.45, 7) is 2.20. The molecule has 3 nitrogen and oxygen atoms in total. The van der Waals surface area contributed by atoms with Gasteiger partial charge in [-0.15, -0.1) is 0 Å². The largest absolute Gasteiger partial charge is 0.508 e. The first-order valence-corrected chi connectivity index (χ1v) is 8.44. The summed E-state index contributed by atoms with van der Waals surface area (Å²) in [6, 6.07) is 5.63. The first kappa shape index (κ1) is 16.4. The molecule has 126 valence electrons. The lowest BCUT2D eigenvalue weighted by Gasteiger charge is -2.48. The first-order valence-electron chi connectivity index (χ1n) is 8.44. The van der Waals surface area contributed by atoms with Gasteiger partial charge in [0.05, 0.1) is 13.2 Å². The standard InChI is InChI=1S/C21H25NO2/c1-4-16-9-5-7-13-21(16,20-10-6-8-14-22(20)2)18-15-17(24-3)11-12-19(18)23/h5-16,20,23H,4H2,1-3H3. The van der Waals surface area contributed by atoms with Crippen LogP contribution in [0, 0.1) is 5.92 Å². The zero-order valence-electron chi connectivity index (χ0n) is 14.5. The number of rotatable bonds is 4. The van der Waals surface area contributed by atoms with Crippen molar-refractivity contribution in [3.8, 4) is 11.5 Å². The van der Waals surface area contributed by atoms with Crippen molar-refractivity contribution >= 4 is 0 Å². The summed E-state index contributed by atoms with van der Waals surface area (Å²) in [6.07, 6.45) is 18.1. The molecular formula is C21H25NO2. The molecule has 3 atom stereocenters. The maximum atomic E-state index is 10.7. The van der Waals surface area contributed by atoms with E-state index in [1.165, 1.54) is 0 Å². The third-order valence-electron chi connectivity index (χ3n) is 5.20. The van der Waals surface area contributed by atoms with Crippen molar-refractivity contribution in [2.24, 2.45) is 5.92 Å². The highest BCUT2D eigenvalue weighted by Gasteiger charge is 2.46. The Labute approximate surface area is 144 Å². The van der Waals surface area contributed by atoms with E-state index in [9.17, 15) is 5.11 Å². The second-order valence-electron chi connectivity index (χ2n) is 6.41. The van der Waals surface area contributed by atoms with Crippen LogP contribution in [-0.4, -0.2) is 30.2 Å². The summed E-state index contributed by atoms with van der Waals surface area (Å²) < 4.78 is 5.43. The molecule has 0 saturated heterocycles. The molecule has 1 N–H and O–H groups in total. The summed E-state index contributed by atoms with van der Waals surface area (Å²) >= 11 is 0. The molecule has 1 aliphatic heterocycles. The van der Waals surface area contributed by atoms with Gasteiger partial charge < -0.3 is 14.7 Å².